The van der Waals surface area contributed by atoms with Gasteiger partial charge in [-0.15, -0.1) is 0 Å². The molecule has 1 saturated carbocycles. The summed E-state index contributed by atoms with van der Waals surface area (Å²) in [7, 11) is 0. The standard InChI is InChI=1S/C16H20N2O2S/c17-15(21)13(10-4-2-1-3-5-10)16(19)18-12-8-9-20-14(12)11-6-7-11/h1-5,11-14H,6-9H2,(H2,17,21)(H,18,19). The van der Waals surface area contributed by atoms with Gasteiger partial charge in [0.15, 0.2) is 0 Å². The molecule has 0 spiro atoms. The molecule has 1 amide bonds. The summed E-state index contributed by atoms with van der Waals surface area (Å²) in [6.07, 6.45) is 3.44. The number of hydrogen-bond donors (Lipinski definition) is 2. The molecule has 0 radical (unpaired) electrons. The van der Waals surface area contributed by atoms with Crippen LogP contribution < -0.4 is 11.1 Å². The van der Waals surface area contributed by atoms with Crippen LogP contribution in [0.3, 0.4) is 0 Å². The molecule has 112 valence electrons. The van der Waals surface area contributed by atoms with E-state index in [-0.39, 0.29) is 23.0 Å². The van der Waals surface area contributed by atoms with Gasteiger partial charge in [0.25, 0.3) is 0 Å². The zero-order chi connectivity index (χ0) is 14.8. The van der Waals surface area contributed by atoms with Gasteiger partial charge in [-0.05, 0) is 30.7 Å². The normalized spacial score (nSPS) is 26.3. The van der Waals surface area contributed by atoms with Crippen molar-refractivity contribution < 1.29 is 9.53 Å². The number of hydrogen-bond acceptors (Lipinski definition) is 3. The average molecular weight is 304 g/mol. The lowest BCUT2D eigenvalue weighted by Crippen LogP contribution is -2.45. The van der Waals surface area contributed by atoms with E-state index in [1.165, 1.54) is 12.8 Å². The summed E-state index contributed by atoms with van der Waals surface area (Å²) in [5.41, 5.74) is 6.63. The van der Waals surface area contributed by atoms with Crippen molar-refractivity contribution >= 4 is 23.1 Å². The smallest absolute Gasteiger partial charge is 0.234 e. The van der Waals surface area contributed by atoms with E-state index in [1.807, 2.05) is 30.3 Å². The summed E-state index contributed by atoms with van der Waals surface area (Å²) in [5, 5.41) is 3.10. The Hall–Kier alpha value is -1.46. The van der Waals surface area contributed by atoms with Crippen molar-refractivity contribution in [2.45, 2.75) is 37.3 Å². The Morgan fingerprint density at radius 2 is 2.00 bits per heavy atom. The third-order valence-corrected chi connectivity index (χ3v) is 4.47. The Morgan fingerprint density at radius 3 is 2.62 bits per heavy atom. The van der Waals surface area contributed by atoms with Crippen molar-refractivity contribution in [3.63, 3.8) is 0 Å². The summed E-state index contributed by atoms with van der Waals surface area (Å²) >= 11 is 5.10. The van der Waals surface area contributed by atoms with E-state index < -0.39 is 5.92 Å². The first kappa shape index (κ1) is 14.5. The largest absolute Gasteiger partial charge is 0.392 e. The van der Waals surface area contributed by atoms with Crippen molar-refractivity contribution in [1.82, 2.24) is 5.32 Å². The van der Waals surface area contributed by atoms with Gasteiger partial charge in [-0.2, -0.15) is 0 Å². The molecule has 21 heavy (non-hydrogen) atoms. The molecule has 0 aromatic heterocycles. The summed E-state index contributed by atoms with van der Waals surface area (Å²) in [6, 6.07) is 9.54. The first-order valence-electron chi connectivity index (χ1n) is 7.43. The van der Waals surface area contributed by atoms with E-state index in [0.29, 0.717) is 5.92 Å². The highest BCUT2D eigenvalue weighted by atomic mass is 32.1. The zero-order valence-corrected chi connectivity index (χ0v) is 12.6. The molecule has 1 aromatic rings. The number of rotatable bonds is 5. The van der Waals surface area contributed by atoms with Crippen molar-refractivity contribution in [2.75, 3.05) is 6.61 Å². The molecule has 3 unspecified atom stereocenters. The van der Waals surface area contributed by atoms with Crippen LogP contribution in [-0.4, -0.2) is 29.6 Å². The van der Waals surface area contributed by atoms with E-state index >= 15 is 0 Å². The number of nitrogens with two attached hydrogens (primary N) is 1. The van der Waals surface area contributed by atoms with E-state index in [0.717, 1.165) is 18.6 Å². The minimum atomic E-state index is -0.568. The molecule has 1 aliphatic heterocycles. The Bertz CT molecular complexity index is 530. The van der Waals surface area contributed by atoms with Gasteiger partial charge >= 0.3 is 0 Å². The molecule has 2 aliphatic rings. The minimum absolute atomic E-state index is 0.0885. The highest BCUT2D eigenvalue weighted by Gasteiger charge is 2.42. The SMILES string of the molecule is NC(=S)C(C(=O)NC1CCOC1C1CC1)c1ccccc1. The predicted molar refractivity (Wildman–Crippen MR) is 85.0 cm³/mol. The van der Waals surface area contributed by atoms with Crippen LogP contribution >= 0.6 is 12.2 Å². The van der Waals surface area contributed by atoms with Crippen LogP contribution in [0.5, 0.6) is 0 Å². The predicted octanol–water partition coefficient (Wildman–Crippen LogP) is 1.74. The van der Waals surface area contributed by atoms with E-state index in [4.69, 9.17) is 22.7 Å². The van der Waals surface area contributed by atoms with Gasteiger partial charge in [0, 0.05) is 6.61 Å². The van der Waals surface area contributed by atoms with Gasteiger partial charge in [0.05, 0.1) is 17.1 Å². The molecule has 3 N–H and O–H groups in total. The van der Waals surface area contributed by atoms with Crippen molar-refractivity contribution in [2.24, 2.45) is 11.7 Å². The molecule has 1 aliphatic carbocycles. The van der Waals surface area contributed by atoms with Gasteiger partial charge in [-0.25, -0.2) is 0 Å². The number of thiocarbonyl (C=S) groups is 1. The van der Waals surface area contributed by atoms with E-state index in [1.54, 1.807) is 0 Å². The molecule has 1 heterocycles. The Morgan fingerprint density at radius 1 is 1.29 bits per heavy atom. The van der Waals surface area contributed by atoms with Crippen LogP contribution in [0.15, 0.2) is 30.3 Å². The van der Waals surface area contributed by atoms with Crippen LogP contribution in [0.4, 0.5) is 0 Å². The minimum Gasteiger partial charge on any atom is -0.392 e. The van der Waals surface area contributed by atoms with E-state index in [2.05, 4.69) is 5.32 Å². The molecular formula is C16H20N2O2S. The summed E-state index contributed by atoms with van der Waals surface area (Å²) in [5.74, 6) is -0.0747. The Kier molecular flexibility index (Phi) is 4.22. The number of benzene rings is 1. The second-order valence-corrected chi connectivity index (χ2v) is 6.29. The number of amides is 1. The molecule has 3 atom stereocenters. The molecule has 3 rings (SSSR count). The first-order chi connectivity index (χ1) is 10.2. The second-order valence-electron chi connectivity index (χ2n) is 5.82. The fourth-order valence-electron chi connectivity index (χ4n) is 3.01. The van der Waals surface area contributed by atoms with Crippen LogP contribution in [0, 0.1) is 5.92 Å². The fourth-order valence-corrected chi connectivity index (χ4v) is 3.25. The number of ether oxygens (including phenoxy) is 1. The maximum atomic E-state index is 12.6. The van der Waals surface area contributed by atoms with Gasteiger partial charge in [0.2, 0.25) is 5.91 Å². The maximum absolute atomic E-state index is 12.6. The maximum Gasteiger partial charge on any atom is 0.234 e. The zero-order valence-electron chi connectivity index (χ0n) is 11.8. The molecule has 0 bridgehead atoms. The van der Waals surface area contributed by atoms with Crippen molar-refractivity contribution in [3.8, 4) is 0 Å². The Labute approximate surface area is 130 Å². The highest BCUT2D eigenvalue weighted by Crippen LogP contribution is 2.38. The monoisotopic (exact) mass is 304 g/mol. The summed E-state index contributed by atoms with van der Waals surface area (Å²) in [4.78, 5) is 12.8. The van der Waals surface area contributed by atoms with Gasteiger partial charge in [0.1, 0.15) is 5.92 Å². The van der Waals surface area contributed by atoms with Crippen LogP contribution in [0.2, 0.25) is 0 Å². The van der Waals surface area contributed by atoms with Crippen molar-refractivity contribution in [1.29, 1.82) is 0 Å². The van der Waals surface area contributed by atoms with Crippen LogP contribution in [0.25, 0.3) is 0 Å². The molecule has 1 aromatic carbocycles. The fraction of sp³-hybridized carbons (Fsp3) is 0.500. The Balaban J connectivity index is 1.71. The van der Waals surface area contributed by atoms with Gasteiger partial charge < -0.3 is 15.8 Å². The average Bonchev–Trinajstić information content (AvgIpc) is 3.20. The van der Waals surface area contributed by atoms with Crippen molar-refractivity contribution in [3.05, 3.63) is 35.9 Å². The highest BCUT2D eigenvalue weighted by molar-refractivity contribution is 7.80. The quantitative estimate of drug-likeness (QED) is 0.813. The molecular weight excluding hydrogens is 284 g/mol. The lowest BCUT2D eigenvalue weighted by Gasteiger charge is -2.23. The summed E-state index contributed by atoms with van der Waals surface area (Å²) < 4.78 is 5.76. The van der Waals surface area contributed by atoms with Gasteiger partial charge in [-0.1, -0.05) is 42.5 Å². The second kappa shape index (κ2) is 6.12. The summed E-state index contributed by atoms with van der Waals surface area (Å²) in [6.45, 7) is 0.717. The number of carbonyl (C=O) groups is 1. The van der Waals surface area contributed by atoms with Gasteiger partial charge in [-0.3, -0.25) is 4.79 Å². The molecule has 5 heteroatoms. The number of nitrogens with one attached hydrogen (secondary N) is 1. The molecule has 4 nitrogen and oxygen atoms in total. The van der Waals surface area contributed by atoms with E-state index in [9.17, 15) is 4.79 Å². The molecule has 2 fully saturated rings. The lowest BCUT2D eigenvalue weighted by molar-refractivity contribution is -0.122. The van der Waals surface area contributed by atoms with Crippen LogP contribution in [-0.2, 0) is 9.53 Å². The van der Waals surface area contributed by atoms with Crippen LogP contribution in [0.1, 0.15) is 30.7 Å². The number of carbonyl (C=O) groups excluding carboxylic acids is 1. The molecule has 1 saturated heterocycles. The third-order valence-electron chi connectivity index (χ3n) is 4.23. The lowest BCUT2D eigenvalue weighted by atomic mass is 9.97. The topological polar surface area (TPSA) is 64.4 Å². The third kappa shape index (κ3) is 3.24. The first-order valence-corrected chi connectivity index (χ1v) is 7.84.